The van der Waals surface area contributed by atoms with Crippen LogP contribution in [0.25, 0.3) is 11.0 Å². The van der Waals surface area contributed by atoms with Crippen LogP contribution >= 0.6 is 0 Å². The van der Waals surface area contributed by atoms with Gasteiger partial charge >= 0.3 is 6.03 Å². The fourth-order valence-corrected chi connectivity index (χ4v) is 3.40. The Balaban J connectivity index is 1.54. The van der Waals surface area contributed by atoms with Gasteiger partial charge in [0, 0.05) is 18.5 Å². The number of urea groups is 1. The Bertz CT molecular complexity index is 858. The van der Waals surface area contributed by atoms with Crippen molar-refractivity contribution >= 4 is 28.8 Å². The van der Waals surface area contributed by atoms with E-state index in [1.54, 1.807) is 24.1 Å². The summed E-state index contributed by atoms with van der Waals surface area (Å²) in [5, 5.41) is 3.29. The number of nitrogens with zero attached hydrogens (tertiary/aromatic N) is 2. The van der Waals surface area contributed by atoms with Crippen LogP contribution in [0.5, 0.6) is 5.75 Å². The van der Waals surface area contributed by atoms with E-state index < -0.39 is 6.03 Å². The molecule has 25 heavy (non-hydrogen) atoms. The third-order valence-corrected chi connectivity index (χ3v) is 4.63. The molecule has 3 heterocycles. The van der Waals surface area contributed by atoms with E-state index >= 15 is 0 Å². The molecule has 8 nitrogen and oxygen atoms in total. The van der Waals surface area contributed by atoms with Crippen molar-refractivity contribution in [3.63, 3.8) is 0 Å². The fraction of sp³-hybridized carbons (Fsp3) is 0.353. The van der Waals surface area contributed by atoms with E-state index in [2.05, 4.69) is 5.32 Å². The van der Waals surface area contributed by atoms with Crippen molar-refractivity contribution in [3.05, 3.63) is 30.0 Å². The highest BCUT2D eigenvalue weighted by atomic mass is 16.5. The lowest BCUT2D eigenvalue weighted by molar-refractivity contribution is -0.126. The lowest BCUT2D eigenvalue weighted by atomic mass is 10.2. The van der Waals surface area contributed by atoms with E-state index in [9.17, 15) is 14.4 Å². The van der Waals surface area contributed by atoms with E-state index in [1.165, 1.54) is 4.90 Å². The highest BCUT2D eigenvalue weighted by Gasteiger charge is 2.40. The summed E-state index contributed by atoms with van der Waals surface area (Å²) < 4.78 is 10.9. The molecule has 4 amide bonds. The molecule has 0 spiro atoms. The van der Waals surface area contributed by atoms with Gasteiger partial charge in [0.15, 0.2) is 17.1 Å². The van der Waals surface area contributed by atoms with Crippen LogP contribution in [-0.2, 0) is 4.79 Å². The Morgan fingerprint density at radius 2 is 2.20 bits per heavy atom. The van der Waals surface area contributed by atoms with Gasteiger partial charge in [-0.2, -0.15) is 0 Å². The van der Waals surface area contributed by atoms with E-state index in [4.69, 9.17) is 9.15 Å². The zero-order valence-electron chi connectivity index (χ0n) is 13.7. The van der Waals surface area contributed by atoms with Crippen molar-refractivity contribution in [2.75, 3.05) is 26.7 Å². The Kier molecular flexibility index (Phi) is 3.60. The number of carbonyl (C=O) groups is 3. The van der Waals surface area contributed by atoms with Gasteiger partial charge in [0.1, 0.15) is 0 Å². The van der Waals surface area contributed by atoms with Crippen LogP contribution in [0, 0.1) is 0 Å². The zero-order chi connectivity index (χ0) is 17.6. The van der Waals surface area contributed by atoms with Gasteiger partial charge in [-0.25, -0.2) is 4.79 Å². The Morgan fingerprint density at radius 3 is 2.92 bits per heavy atom. The molecule has 0 radical (unpaired) electrons. The number of hydrogen-bond donors (Lipinski definition) is 1. The van der Waals surface area contributed by atoms with Crippen molar-refractivity contribution in [2.24, 2.45) is 0 Å². The third-order valence-electron chi connectivity index (χ3n) is 4.63. The second-order valence-corrected chi connectivity index (χ2v) is 6.11. The molecule has 0 bridgehead atoms. The number of nitrogens with one attached hydrogen (secondary N) is 1. The Labute approximate surface area is 143 Å². The number of ether oxygens (including phenoxy) is 1. The molecule has 8 heteroatoms. The normalized spacial score (nSPS) is 20.4. The molecule has 2 fully saturated rings. The van der Waals surface area contributed by atoms with E-state index in [1.807, 2.05) is 12.1 Å². The van der Waals surface area contributed by atoms with Gasteiger partial charge in [0.2, 0.25) is 5.91 Å². The quantitative estimate of drug-likeness (QED) is 0.846. The zero-order valence-corrected chi connectivity index (χ0v) is 13.7. The number of fused-ring (bicyclic) bond motifs is 1. The molecule has 2 saturated heterocycles. The summed E-state index contributed by atoms with van der Waals surface area (Å²) in [6.07, 6.45) is 0.564. The summed E-state index contributed by atoms with van der Waals surface area (Å²) in [5.41, 5.74) is 0.526. The lowest BCUT2D eigenvalue weighted by Crippen LogP contribution is -2.42. The molecule has 130 valence electrons. The first kappa shape index (κ1) is 15.5. The van der Waals surface area contributed by atoms with Crippen LogP contribution < -0.4 is 10.1 Å². The number of carbonyl (C=O) groups excluding carboxylic acids is 3. The van der Waals surface area contributed by atoms with Gasteiger partial charge in [-0.1, -0.05) is 12.1 Å². The average molecular weight is 343 g/mol. The summed E-state index contributed by atoms with van der Waals surface area (Å²) in [6, 6.07) is 6.44. The number of amides is 4. The van der Waals surface area contributed by atoms with E-state index in [0.29, 0.717) is 30.8 Å². The minimum absolute atomic E-state index is 0.0205. The van der Waals surface area contributed by atoms with Crippen molar-refractivity contribution in [1.82, 2.24) is 15.1 Å². The van der Waals surface area contributed by atoms with Gasteiger partial charge in [0.05, 0.1) is 19.7 Å². The lowest BCUT2D eigenvalue weighted by Gasteiger charge is -2.21. The second kappa shape index (κ2) is 5.80. The number of furan rings is 1. The minimum Gasteiger partial charge on any atom is -0.493 e. The number of methoxy groups -OCH3 is 1. The summed E-state index contributed by atoms with van der Waals surface area (Å²) in [5.74, 6) is 0.276. The number of benzene rings is 1. The standard InChI is InChI=1S/C17H17N3O5/c1-24-12-4-2-3-10-7-13(25-15(10)12)16(22)19-6-5-11(9-19)20-14(21)8-18-17(20)23/h2-4,7,11H,5-6,8-9H2,1H3,(H,18,23). The highest BCUT2D eigenvalue weighted by Crippen LogP contribution is 2.30. The summed E-state index contributed by atoms with van der Waals surface area (Å²) in [7, 11) is 1.54. The fourth-order valence-electron chi connectivity index (χ4n) is 3.40. The average Bonchev–Trinajstić information content (AvgIpc) is 3.32. The van der Waals surface area contributed by atoms with Gasteiger partial charge < -0.3 is 19.4 Å². The molecule has 1 unspecified atom stereocenters. The number of hydrogen-bond acceptors (Lipinski definition) is 5. The maximum Gasteiger partial charge on any atom is 0.324 e. The maximum absolute atomic E-state index is 12.7. The molecular formula is C17H17N3O5. The van der Waals surface area contributed by atoms with Crippen LogP contribution in [0.15, 0.2) is 28.7 Å². The summed E-state index contributed by atoms with van der Waals surface area (Å²) in [6.45, 7) is 0.799. The largest absolute Gasteiger partial charge is 0.493 e. The number of likely N-dealkylation sites (tertiary alicyclic amines) is 1. The number of rotatable bonds is 3. The second-order valence-electron chi connectivity index (χ2n) is 6.11. The first-order chi connectivity index (χ1) is 12.1. The number of para-hydroxylation sites is 1. The van der Waals surface area contributed by atoms with Crippen molar-refractivity contribution in [1.29, 1.82) is 0 Å². The molecule has 1 aromatic carbocycles. The Morgan fingerprint density at radius 1 is 1.36 bits per heavy atom. The predicted molar refractivity (Wildman–Crippen MR) is 87.3 cm³/mol. The molecule has 4 rings (SSSR count). The molecule has 1 N–H and O–H groups in total. The van der Waals surface area contributed by atoms with E-state index in [0.717, 1.165) is 5.39 Å². The molecule has 2 aromatic rings. The molecule has 0 aliphatic carbocycles. The van der Waals surface area contributed by atoms with Gasteiger partial charge in [-0.15, -0.1) is 0 Å². The van der Waals surface area contributed by atoms with Crippen molar-refractivity contribution in [2.45, 2.75) is 12.5 Å². The number of imide groups is 1. The summed E-state index contributed by atoms with van der Waals surface area (Å²) in [4.78, 5) is 39.1. The molecule has 2 aliphatic rings. The SMILES string of the molecule is COc1cccc2cc(C(=O)N3CCC(N4C(=O)CNC4=O)C3)oc12. The smallest absolute Gasteiger partial charge is 0.324 e. The molecule has 2 aliphatic heterocycles. The monoisotopic (exact) mass is 343 g/mol. The Hall–Kier alpha value is -3.03. The van der Waals surface area contributed by atoms with Crippen LogP contribution in [0.3, 0.4) is 0 Å². The third kappa shape index (κ3) is 2.50. The van der Waals surface area contributed by atoms with Gasteiger partial charge in [-0.3, -0.25) is 14.5 Å². The first-order valence-electron chi connectivity index (χ1n) is 8.04. The first-order valence-corrected chi connectivity index (χ1v) is 8.04. The van der Waals surface area contributed by atoms with Gasteiger partial charge in [-0.05, 0) is 18.6 Å². The minimum atomic E-state index is -0.391. The molecular weight excluding hydrogens is 326 g/mol. The van der Waals surface area contributed by atoms with Crippen molar-refractivity contribution < 1.29 is 23.5 Å². The topological polar surface area (TPSA) is 92.1 Å². The van der Waals surface area contributed by atoms with Crippen molar-refractivity contribution in [3.8, 4) is 5.75 Å². The van der Waals surface area contributed by atoms with Crippen LogP contribution in [-0.4, -0.2) is 60.4 Å². The van der Waals surface area contributed by atoms with Crippen LogP contribution in [0.2, 0.25) is 0 Å². The maximum atomic E-state index is 12.7. The molecule has 1 aromatic heterocycles. The van der Waals surface area contributed by atoms with E-state index in [-0.39, 0.29) is 30.2 Å². The van der Waals surface area contributed by atoms with Crippen LogP contribution in [0.4, 0.5) is 4.79 Å². The summed E-state index contributed by atoms with van der Waals surface area (Å²) >= 11 is 0. The molecule has 1 atom stereocenters. The van der Waals surface area contributed by atoms with Crippen LogP contribution in [0.1, 0.15) is 17.0 Å². The predicted octanol–water partition coefficient (Wildman–Crippen LogP) is 1.21. The van der Waals surface area contributed by atoms with Gasteiger partial charge in [0.25, 0.3) is 5.91 Å². The highest BCUT2D eigenvalue weighted by molar-refractivity contribution is 6.02. The molecule has 0 saturated carbocycles.